The molecule has 0 radical (unpaired) electrons. The molecule has 36 heavy (non-hydrogen) atoms. The summed E-state index contributed by atoms with van der Waals surface area (Å²) in [5, 5.41) is 0. The highest BCUT2D eigenvalue weighted by Crippen LogP contribution is 2.36. The predicted octanol–water partition coefficient (Wildman–Crippen LogP) is 3.16. The molecule has 186 valence electrons. The number of pyridine rings is 1. The molecule has 0 amide bonds. The Kier molecular flexibility index (Phi) is 7.80. The molecule has 3 aromatic rings. The standard InChI is InChI=1S/C27H27N3O5S/c1-5-13-35-20-11-10-19(15-21(20)33-6-2)24-23(26(32)34-7-3)17(4)29-27-30(24)25(31)22(36-27)14-18-9-8-12-28-16-18/h5,8-12,14-16,24H,1,6-7,13H2,2-4H3/b22-14+/t24-/m0/s1. The summed E-state index contributed by atoms with van der Waals surface area (Å²) in [7, 11) is 0. The van der Waals surface area contributed by atoms with Crippen molar-refractivity contribution in [3.05, 3.63) is 97.5 Å². The van der Waals surface area contributed by atoms with E-state index in [9.17, 15) is 9.59 Å². The number of hydrogen-bond donors (Lipinski definition) is 0. The third-order valence-electron chi connectivity index (χ3n) is 5.44. The monoisotopic (exact) mass is 505 g/mol. The smallest absolute Gasteiger partial charge is 0.338 e. The minimum Gasteiger partial charge on any atom is -0.490 e. The molecule has 9 heteroatoms. The number of hydrogen-bond acceptors (Lipinski definition) is 8. The first-order valence-electron chi connectivity index (χ1n) is 11.6. The quantitative estimate of drug-likeness (QED) is 0.328. The zero-order chi connectivity index (χ0) is 25.7. The number of fused-ring (bicyclic) bond motifs is 1. The molecule has 0 unspecified atom stereocenters. The van der Waals surface area contributed by atoms with Crippen molar-refractivity contribution in [2.45, 2.75) is 26.8 Å². The number of nitrogens with zero attached hydrogens (tertiary/aromatic N) is 3. The second-order valence-corrected chi connectivity index (χ2v) is 8.84. The molecule has 1 aromatic carbocycles. The highest BCUT2D eigenvalue weighted by molar-refractivity contribution is 7.07. The van der Waals surface area contributed by atoms with Crippen molar-refractivity contribution < 1.29 is 19.0 Å². The molecule has 0 fully saturated rings. The Hall–Kier alpha value is -3.98. The fraction of sp³-hybridized carbons (Fsp3) is 0.259. The predicted molar refractivity (Wildman–Crippen MR) is 138 cm³/mol. The Morgan fingerprint density at radius 1 is 1.19 bits per heavy atom. The van der Waals surface area contributed by atoms with Gasteiger partial charge in [0.15, 0.2) is 16.3 Å². The van der Waals surface area contributed by atoms with Gasteiger partial charge in [0.05, 0.1) is 35.1 Å². The van der Waals surface area contributed by atoms with E-state index in [-0.39, 0.29) is 12.2 Å². The van der Waals surface area contributed by atoms with Gasteiger partial charge >= 0.3 is 5.97 Å². The number of ether oxygens (including phenoxy) is 3. The van der Waals surface area contributed by atoms with Crippen molar-refractivity contribution in [2.75, 3.05) is 19.8 Å². The normalized spacial score (nSPS) is 15.2. The van der Waals surface area contributed by atoms with Gasteiger partial charge in [-0.3, -0.25) is 14.3 Å². The van der Waals surface area contributed by atoms with Crippen LogP contribution >= 0.6 is 11.3 Å². The van der Waals surface area contributed by atoms with Crippen LogP contribution in [0.3, 0.4) is 0 Å². The summed E-state index contributed by atoms with van der Waals surface area (Å²) in [6, 6.07) is 8.32. The van der Waals surface area contributed by atoms with Crippen molar-refractivity contribution >= 4 is 23.4 Å². The SMILES string of the molecule is C=CCOc1ccc([C@H]2C(C(=O)OCC)=C(C)N=c3s/c(=C/c4cccnc4)c(=O)n32)cc1OCC. The third-order valence-corrected chi connectivity index (χ3v) is 6.42. The van der Waals surface area contributed by atoms with Gasteiger partial charge in [0.2, 0.25) is 0 Å². The van der Waals surface area contributed by atoms with Crippen LogP contribution in [-0.4, -0.2) is 35.3 Å². The Labute approximate surface area is 212 Å². The van der Waals surface area contributed by atoms with Gasteiger partial charge in [0.1, 0.15) is 6.61 Å². The van der Waals surface area contributed by atoms with Crippen molar-refractivity contribution in [3.8, 4) is 11.5 Å². The number of thiazole rings is 1. The first-order valence-corrected chi connectivity index (χ1v) is 12.4. The molecule has 1 aliphatic heterocycles. The van der Waals surface area contributed by atoms with Crippen LogP contribution in [0, 0.1) is 0 Å². The lowest BCUT2D eigenvalue weighted by molar-refractivity contribution is -0.139. The lowest BCUT2D eigenvalue weighted by Gasteiger charge is -2.25. The Morgan fingerprint density at radius 3 is 2.72 bits per heavy atom. The van der Waals surface area contributed by atoms with Gasteiger partial charge in [0, 0.05) is 12.4 Å². The number of allylic oxidation sites excluding steroid dienone is 1. The fourth-order valence-electron chi connectivity index (χ4n) is 3.95. The van der Waals surface area contributed by atoms with Gasteiger partial charge in [-0.05, 0) is 56.2 Å². The zero-order valence-corrected chi connectivity index (χ0v) is 21.2. The molecule has 0 saturated carbocycles. The summed E-state index contributed by atoms with van der Waals surface area (Å²) in [5.74, 6) is 0.533. The second-order valence-electron chi connectivity index (χ2n) is 7.83. The molecular formula is C27H27N3O5S. The van der Waals surface area contributed by atoms with E-state index < -0.39 is 12.0 Å². The van der Waals surface area contributed by atoms with Crippen LogP contribution in [0.2, 0.25) is 0 Å². The van der Waals surface area contributed by atoms with Gasteiger partial charge < -0.3 is 14.2 Å². The van der Waals surface area contributed by atoms with Gasteiger partial charge in [-0.15, -0.1) is 0 Å². The number of carbonyl (C=O) groups excluding carboxylic acids is 1. The molecule has 0 spiro atoms. The minimum atomic E-state index is -0.746. The first-order chi connectivity index (χ1) is 17.5. The first kappa shape index (κ1) is 25.1. The van der Waals surface area contributed by atoms with Crippen LogP contribution in [0.4, 0.5) is 0 Å². The highest BCUT2D eigenvalue weighted by Gasteiger charge is 2.34. The van der Waals surface area contributed by atoms with Crippen molar-refractivity contribution in [2.24, 2.45) is 4.99 Å². The lowest BCUT2D eigenvalue weighted by atomic mass is 9.95. The summed E-state index contributed by atoms with van der Waals surface area (Å²) in [6.07, 6.45) is 6.78. The van der Waals surface area contributed by atoms with E-state index in [4.69, 9.17) is 14.2 Å². The molecule has 4 rings (SSSR count). The summed E-state index contributed by atoms with van der Waals surface area (Å²) in [6.45, 7) is 9.99. The van der Waals surface area contributed by atoms with Crippen molar-refractivity contribution in [1.29, 1.82) is 0 Å². The van der Waals surface area contributed by atoms with Crippen molar-refractivity contribution in [3.63, 3.8) is 0 Å². The molecule has 1 aliphatic rings. The molecule has 0 N–H and O–H groups in total. The average Bonchev–Trinajstić information content (AvgIpc) is 3.17. The van der Waals surface area contributed by atoms with E-state index in [2.05, 4.69) is 16.6 Å². The van der Waals surface area contributed by atoms with Gasteiger partial charge in [-0.1, -0.05) is 36.1 Å². The van der Waals surface area contributed by atoms with E-state index in [0.29, 0.717) is 50.9 Å². The second kappa shape index (κ2) is 11.2. The van der Waals surface area contributed by atoms with E-state index >= 15 is 0 Å². The van der Waals surface area contributed by atoms with Crippen LogP contribution < -0.4 is 24.4 Å². The maximum Gasteiger partial charge on any atom is 0.338 e. The molecule has 0 bridgehead atoms. The zero-order valence-electron chi connectivity index (χ0n) is 20.4. The number of rotatable bonds is 9. The van der Waals surface area contributed by atoms with E-state index in [0.717, 1.165) is 5.56 Å². The average molecular weight is 506 g/mol. The summed E-state index contributed by atoms with van der Waals surface area (Å²) < 4.78 is 19.0. The minimum absolute atomic E-state index is 0.201. The molecular weight excluding hydrogens is 478 g/mol. The van der Waals surface area contributed by atoms with Gasteiger partial charge in [-0.25, -0.2) is 9.79 Å². The van der Waals surface area contributed by atoms with E-state index in [1.807, 2.05) is 19.1 Å². The van der Waals surface area contributed by atoms with Crippen molar-refractivity contribution in [1.82, 2.24) is 9.55 Å². The summed E-state index contributed by atoms with van der Waals surface area (Å²) >= 11 is 1.26. The van der Waals surface area contributed by atoms with Gasteiger partial charge in [0.25, 0.3) is 5.56 Å². The largest absolute Gasteiger partial charge is 0.490 e. The highest BCUT2D eigenvalue weighted by atomic mass is 32.1. The lowest BCUT2D eigenvalue weighted by Crippen LogP contribution is -2.40. The summed E-state index contributed by atoms with van der Waals surface area (Å²) in [5.41, 5.74) is 2.02. The fourth-order valence-corrected chi connectivity index (χ4v) is 5.00. The molecule has 3 heterocycles. The van der Waals surface area contributed by atoms with Crippen LogP contribution in [0.1, 0.15) is 37.9 Å². The van der Waals surface area contributed by atoms with Gasteiger partial charge in [-0.2, -0.15) is 0 Å². The van der Waals surface area contributed by atoms with Crippen LogP contribution in [-0.2, 0) is 9.53 Å². The molecule has 0 aliphatic carbocycles. The maximum absolute atomic E-state index is 13.7. The molecule has 0 saturated heterocycles. The number of benzene rings is 1. The topological polar surface area (TPSA) is 92.0 Å². The Morgan fingerprint density at radius 2 is 2.03 bits per heavy atom. The Balaban J connectivity index is 1.94. The number of aromatic nitrogens is 2. The maximum atomic E-state index is 13.7. The van der Waals surface area contributed by atoms with Crippen LogP contribution in [0.25, 0.3) is 6.08 Å². The van der Waals surface area contributed by atoms with E-state index in [1.54, 1.807) is 61.2 Å². The van der Waals surface area contributed by atoms with Crippen LogP contribution in [0.15, 0.2) is 76.4 Å². The number of carbonyl (C=O) groups is 1. The number of esters is 1. The van der Waals surface area contributed by atoms with E-state index in [1.165, 1.54) is 11.3 Å². The molecule has 2 aromatic heterocycles. The third kappa shape index (κ3) is 5.01. The Bertz CT molecular complexity index is 1490. The molecule has 8 nitrogen and oxygen atoms in total. The molecule has 1 atom stereocenters. The van der Waals surface area contributed by atoms with Crippen LogP contribution in [0.5, 0.6) is 11.5 Å². The summed E-state index contributed by atoms with van der Waals surface area (Å²) in [4.78, 5) is 36.0.